The highest BCUT2D eigenvalue weighted by molar-refractivity contribution is 6.24. The maximum atomic E-state index is 9.72. The summed E-state index contributed by atoms with van der Waals surface area (Å²) in [6.45, 7) is 1.97. The Morgan fingerprint density at radius 3 is 1.67 bits per heavy atom. The predicted molar refractivity (Wildman–Crippen MR) is 218 cm³/mol. The molecule has 0 fully saturated rings. The summed E-state index contributed by atoms with van der Waals surface area (Å²) < 4.78 is 0. The van der Waals surface area contributed by atoms with E-state index in [0.717, 1.165) is 44.3 Å². The van der Waals surface area contributed by atoms with Gasteiger partial charge in [-0.1, -0.05) is 103 Å². The predicted octanol–water partition coefficient (Wildman–Crippen LogP) is 12.5. The summed E-state index contributed by atoms with van der Waals surface area (Å²) in [4.78, 5) is 5.01. The molecule has 2 aliphatic heterocycles. The Kier molecular flexibility index (Phi) is 7.29. The van der Waals surface area contributed by atoms with E-state index in [1.165, 1.54) is 82.9 Å². The number of hydrogen-bond acceptors (Lipinski definition) is 3. The molecule has 3 nitrogen and oxygen atoms in total. The normalized spacial score (nSPS) is 14.0. The molecule has 0 aromatic heterocycles. The van der Waals surface area contributed by atoms with E-state index >= 15 is 0 Å². The van der Waals surface area contributed by atoms with Gasteiger partial charge in [0.2, 0.25) is 0 Å². The molecule has 10 rings (SSSR count). The molecule has 8 aromatic rings. The Morgan fingerprint density at radius 2 is 1.02 bits per heavy atom. The van der Waals surface area contributed by atoms with Gasteiger partial charge in [-0.2, -0.15) is 5.26 Å². The van der Waals surface area contributed by atoms with Gasteiger partial charge in [-0.25, -0.2) is 0 Å². The van der Waals surface area contributed by atoms with Gasteiger partial charge in [-0.15, -0.1) is 0 Å². The Morgan fingerprint density at radius 1 is 0.462 bits per heavy atom. The van der Waals surface area contributed by atoms with Crippen LogP contribution in [0, 0.1) is 11.3 Å². The van der Waals surface area contributed by atoms with E-state index in [1.807, 2.05) is 12.1 Å². The molecule has 0 aliphatic carbocycles. The summed E-state index contributed by atoms with van der Waals surface area (Å²) in [5.41, 5.74) is 13.3. The van der Waals surface area contributed by atoms with E-state index in [2.05, 4.69) is 155 Å². The van der Waals surface area contributed by atoms with Gasteiger partial charge in [0.15, 0.2) is 0 Å². The number of nitriles is 1. The van der Waals surface area contributed by atoms with Crippen molar-refractivity contribution in [2.75, 3.05) is 22.9 Å². The lowest BCUT2D eigenvalue weighted by Gasteiger charge is -2.32. The third-order valence-electron chi connectivity index (χ3n) is 11.3. The quantitative estimate of drug-likeness (QED) is 0.175. The van der Waals surface area contributed by atoms with E-state index < -0.39 is 0 Å². The van der Waals surface area contributed by atoms with Crippen molar-refractivity contribution >= 4 is 55.1 Å². The van der Waals surface area contributed by atoms with Crippen LogP contribution in [0.2, 0.25) is 0 Å². The molecule has 3 heteroatoms. The second kappa shape index (κ2) is 12.4. The number of anilines is 4. The van der Waals surface area contributed by atoms with Crippen LogP contribution in [0.15, 0.2) is 152 Å². The highest BCUT2D eigenvalue weighted by Gasteiger charge is 2.24. The Hall–Kier alpha value is -6.37. The van der Waals surface area contributed by atoms with Gasteiger partial charge in [0.1, 0.15) is 0 Å². The smallest absolute Gasteiger partial charge is 0.0991 e. The van der Waals surface area contributed by atoms with Crippen molar-refractivity contribution in [3.05, 3.63) is 168 Å². The van der Waals surface area contributed by atoms with Crippen LogP contribution in [0.1, 0.15) is 29.5 Å². The van der Waals surface area contributed by atoms with Crippen LogP contribution in [0.3, 0.4) is 0 Å². The zero-order chi connectivity index (χ0) is 34.6. The fraction of sp³-hybridized carbons (Fsp3) is 0.122. The maximum Gasteiger partial charge on any atom is 0.0991 e. The first-order valence-electron chi connectivity index (χ1n) is 18.5. The minimum absolute atomic E-state index is 0.668. The van der Waals surface area contributed by atoms with Gasteiger partial charge in [-0.3, -0.25) is 0 Å². The van der Waals surface area contributed by atoms with E-state index in [4.69, 9.17) is 0 Å². The van der Waals surface area contributed by atoms with Crippen molar-refractivity contribution in [1.82, 2.24) is 0 Å². The van der Waals surface area contributed by atoms with E-state index in [9.17, 15) is 5.26 Å². The molecular weight excluding hydrogens is 631 g/mol. The van der Waals surface area contributed by atoms with Crippen LogP contribution < -0.4 is 9.80 Å². The average molecular weight is 668 g/mol. The summed E-state index contributed by atoms with van der Waals surface area (Å²) in [6, 6.07) is 57.9. The fourth-order valence-electron chi connectivity index (χ4n) is 8.90. The first kappa shape index (κ1) is 30.5. The number of benzene rings is 8. The van der Waals surface area contributed by atoms with Crippen molar-refractivity contribution in [2.24, 2.45) is 0 Å². The Bertz CT molecular complexity index is 2710. The van der Waals surface area contributed by atoms with Gasteiger partial charge in [0.05, 0.1) is 11.6 Å². The SMILES string of the molecule is N#Cc1ccc(-c2c3cc(N4CCCc5ccccc54)ccc3c(-c3cccc4ccccc34)c3cc(N4CCCc5ccccc54)ccc23)cc1. The molecular formula is C49H37N3. The molecule has 0 spiro atoms. The molecule has 8 aromatic carbocycles. The molecule has 0 N–H and O–H groups in total. The molecule has 0 saturated heterocycles. The molecule has 248 valence electrons. The number of para-hydroxylation sites is 2. The van der Waals surface area contributed by atoms with Crippen molar-refractivity contribution in [3.63, 3.8) is 0 Å². The topological polar surface area (TPSA) is 30.3 Å². The van der Waals surface area contributed by atoms with Crippen LogP contribution in [0.4, 0.5) is 22.7 Å². The molecule has 2 heterocycles. The third kappa shape index (κ3) is 4.94. The van der Waals surface area contributed by atoms with E-state index in [-0.39, 0.29) is 0 Å². The minimum Gasteiger partial charge on any atom is -0.341 e. The number of aryl methyl sites for hydroxylation is 2. The first-order valence-corrected chi connectivity index (χ1v) is 18.5. The second-order valence-corrected chi connectivity index (χ2v) is 14.2. The minimum atomic E-state index is 0.668. The van der Waals surface area contributed by atoms with Crippen LogP contribution >= 0.6 is 0 Å². The summed E-state index contributed by atoms with van der Waals surface area (Å²) >= 11 is 0. The zero-order valence-corrected chi connectivity index (χ0v) is 29.0. The van der Waals surface area contributed by atoms with Gasteiger partial charge in [0.25, 0.3) is 0 Å². The number of hydrogen-bond donors (Lipinski definition) is 0. The summed E-state index contributed by atoms with van der Waals surface area (Å²) in [6.07, 6.45) is 4.47. The molecule has 0 amide bonds. The maximum absolute atomic E-state index is 9.72. The third-order valence-corrected chi connectivity index (χ3v) is 11.3. The molecule has 52 heavy (non-hydrogen) atoms. The number of fused-ring (bicyclic) bond motifs is 5. The van der Waals surface area contributed by atoms with Crippen LogP contribution in [0.5, 0.6) is 0 Å². The van der Waals surface area contributed by atoms with Gasteiger partial charge < -0.3 is 9.80 Å². The van der Waals surface area contributed by atoms with Crippen LogP contribution in [0.25, 0.3) is 54.6 Å². The highest BCUT2D eigenvalue weighted by Crippen LogP contribution is 2.48. The summed E-state index contributed by atoms with van der Waals surface area (Å²) in [5, 5.41) is 17.1. The summed E-state index contributed by atoms with van der Waals surface area (Å²) in [7, 11) is 0. The zero-order valence-electron chi connectivity index (χ0n) is 29.0. The van der Waals surface area contributed by atoms with Crippen molar-refractivity contribution in [2.45, 2.75) is 25.7 Å². The average Bonchev–Trinajstić information content (AvgIpc) is 3.22. The number of nitrogens with zero attached hydrogens (tertiary/aromatic N) is 3. The number of rotatable bonds is 4. The van der Waals surface area contributed by atoms with Gasteiger partial charge >= 0.3 is 0 Å². The molecule has 0 unspecified atom stereocenters. The van der Waals surface area contributed by atoms with Gasteiger partial charge in [0, 0.05) is 35.8 Å². The highest BCUT2D eigenvalue weighted by atomic mass is 15.1. The molecule has 0 bridgehead atoms. The largest absolute Gasteiger partial charge is 0.341 e. The van der Waals surface area contributed by atoms with Crippen LogP contribution in [-0.2, 0) is 12.8 Å². The monoisotopic (exact) mass is 667 g/mol. The molecule has 0 radical (unpaired) electrons. The standard InChI is InChI=1S/C49H37N3/c50-32-33-20-22-37(23-21-33)48-42-26-24-39(52-29-9-15-36-12-3-6-19-47(36)52)31-45(42)49(41-17-7-13-34-10-1-4-16-40(34)41)43-27-25-38(30-44(43)48)51-28-8-14-35-11-2-5-18-46(35)51/h1-7,10-13,16-27,30-31H,8-9,14-15,28-29H2. The van der Waals surface area contributed by atoms with Crippen LogP contribution in [-0.4, -0.2) is 13.1 Å². The van der Waals surface area contributed by atoms with Crippen molar-refractivity contribution in [3.8, 4) is 28.3 Å². The lowest BCUT2D eigenvalue weighted by molar-refractivity contribution is 0.767. The second-order valence-electron chi connectivity index (χ2n) is 14.2. The summed E-state index contributed by atoms with van der Waals surface area (Å²) in [5.74, 6) is 0. The Balaban J connectivity index is 1.31. The van der Waals surface area contributed by atoms with Crippen molar-refractivity contribution in [1.29, 1.82) is 5.26 Å². The van der Waals surface area contributed by atoms with E-state index in [1.54, 1.807) is 0 Å². The fourth-order valence-corrected chi connectivity index (χ4v) is 8.90. The lowest BCUT2D eigenvalue weighted by Crippen LogP contribution is -2.24. The molecule has 0 atom stereocenters. The lowest BCUT2D eigenvalue weighted by atomic mass is 9.84. The van der Waals surface area contributed by atoms with Crippen molar-refractivity contribution < 1.29 is 0 Å². The molecule has 0 saturated carbocycles. The molecule has 2 aliphatic rings. The van der Waals surface area contributed by atoms with E-state index in [0.29, 0.717) is 5.56 Å². The van der Waals surface area contributed by atoms with Gasteiger partial charge in [-0.05, 0) is 140 Å². The Labute approximate surface area is 304 Å². The first-order chi connectivity index (χ1) is 25.7.